The molecular weight excluding hydrogens is 456 g/mol. The molecule has 2 unspecified atom stereocenters. The number of carbonyl (C=O) groups excluding carboxylic acids is 1. The summed E-state index contributed by atoms with van der Waals surface area (Å²) in [6.07, 6.45) is 9.81. The number of H-pyrrole nitrogens is 1. The van der Waals surface area contributed by atoms with Gasteiger partial charge < -0.3 is 10.1 Å². The van der Waals surface area contributed by atoms with E-state index in [1.54, 1.807) is 7.11 Å². The summed E-state index contributed by atoms with van der Waals surface area (Å²) in [5, 5.41) is 10.8. The van der Waals surface area contributed by atoms with Crippen molar-refractivity contribution in [1.29, 1.82) is 0 Å². The molecule has 2 atom stereocenters. The average Bonchev–Trinajstić information content (AvgIpc) is 3.26. The maximum Gasteiger partial charge on any atom is 0.234 e. The predicted molar refractivity (Wildman–Crippen MR) is 143 cm³/mol. The molecule has 35 heavy (non-hydrogen) atoms. The van der Waals surface area contributed by atoms with Gasteiger partial charge in [0.2, 0.25) is 11.1 Å². The number of rotatable bonds is 7. The minimum absolute atomic E-state index is 0. The number of nitrogens with one attached hydrogen (secondary N) is 2. The molecule has 0 radical (unpaired) electrons. The topological polar surface area (TPSA) is 79.9 Å². The van der Waals surface area contributed by atoms with Crippen LogP contribution in [0, 0.1) is 17.8 Å². The number of ether oxygens (including phenoxy) is 1. The van der Waals surface area contributed by atoms with Crippen LogP contribution in [0.5, 0.6) is 5.75 Å². The average molecular weight is 493 g/mol. The number of thioether (sulfide) groups is 1. The third-order valence-electron chi connectivity index (χ3n) is 8.33. The number of anilines is 1. The van der Waals surface area contributed by atoms with E-state index in [1.165, 1.54) is 62.3 Å². The number of hydrogen-bond acceptors (Lipinski definition) is 5. The zero-order valence-electron chi connectivity index (χ0n) is 20.1. The van der Waals surface area contributed by atoms with E-state index in [0.29, 0.717) is 16.4 Å². The van der Waals surface area contributed by atoms with E-state index in [-0.39, 0.29) is 14.5 Å². The number of methoxy groups -OCH3 is 1. The molecule has 4 aliphatic carbocycles. The van der Waals surface area contributed by atoms with E-state index in [1.807, 2.05) is 24.3 Å². The third-order valence-corrected chi connectivity index (χ3v) is 9.18. The van der Waals surface area contributed by atoms with Crippen molar-refractivity contribution in [2.45, 2.75) is 55.5 Å². The SMILES string of the molecule is COc1ccc(-c2nc(SCC(=O)Nc3ccc(C45CCC6CC(CC(C6)C4)C5)cc3)n[nH]2)cc1.[HH].[HH]. The molecular formula is C28H36N4O2S. The Kier molecular flexibility index (Phi) is 6.04. The molecule has 2 N–H and O–H groups in total. The van der Waals surface area contributed by atoms with Gasteiger partial charge in [0, 0.05) is 14.1 Å². The lowest BCUT2D eigenvalue weighted by Gasteiger charge is -2.45. The van der Waals surface area contributed by atoms with Gasteiger partial charge in [-0.15, -0.1) is 5.10 Å². The molecule has 6 nitrogen and oxygen atoms in total. The first-order valence-corrected chi connectivity index (χ1v) is 13.7. The number of aromatic nitrogens is 3. The van der Waals surface area contributed by atoms with Crippen LogP contribution < -0.4 is 10.1 Å². The molecule has 7 heteroatoms. The number of benzene rings is 2. The van der Waals surface area contributed by atoms with Crippen molar-refractivity contribution in [1.82, 2.24) is 15.2 Å². The zero-order valence-corrected chi connectivity index (χ0v) is 20.9. The van der Waals surface area contributed by atoms with E-state index in [0.717, 1.165) is 34.8 Å². The van der Waals surface area contributed by atoms with E-state index in [9.17, 15) is 4.79 Å². The number of aromatic amines is 1. The third kappa shape index (κ3) is 4.70. The van der Waals surface area contributed by atoms with E-state index in [4.69, 9.17) is 4.74 Å². The molecule has 4 aliphatic rings. The molecule has 7 rings (SSSR count). The Morgan fingerprint density at radius 1 is 1.09 bits per heavy atom. The lowest BCUT2D eigenvalue weighted by Crippen LogP contribution is -2.37. The Hall–Kier alpha value is -2.80. The minimum atomic E-state index is -0.0512. The second-order valence-corrected chi connectivity index (χ2v) is 11.6. The lowest BCUT2D eigenvalue weighted by atomic mass is 9.59. The fraction of sp³-hybridized carbons (Fsp3) is 0.464. The number of hydrogen-bond donors (Lipinski definition) is 2. The van der Waals surface area contributed by atoms with Crippen LogP contribution in [0.15, 0.2) is 53.7 Å². The Balaban J connectivity index is 0.00000160. The number of amides is 1. The monoisotopic (exact) mass is 492 g/mol. The quantitative estimate of drug-likeness (QED) is 0.365. The summed E-state index contributed by atoms with van der Waals surface area (Å²) in [7, 11) is 1.64. The molecule has 3 aromatic rings. The van der Waals surface area contributed by atoms with Gasteiger partial charge in [-0.3, -0.25) is 9.89 Å². The Morgan fingerprint density at radius 3 is 2.51 bits per heavy atom. The van der Waals surface area contributed by atoms with E-state index >= 15 is 0 Å². The second-order valence-electron chi connectivity index (χ2n) is 10.6. The summed E-state index contributed by atoms with van der Waals surface area (Å²) in [6.45, 7) is 0. The summed E-state index contributed by atoms with van der Waals surface area (Å²) in [4.78, 5) is 17.1. The highest BCUT2D eigenvalue weighted by molar-refractivity contribution is 7.99. The maximum absolute atomic E-state index is 12.6. The fourth-order valence-electron chi connectivity index (χ4n) is 6.95. The number of carbonyl (C=O) groups is 1. The van der Waals surface area contributed by atoms with Crippen LogP contribution in [0.1, 0.15) is 53.4 Å². The first kappa shape index (κ1) is 22.7. The summed E-state index contributed by atoms with van der Waals surface area (Å²) in [6, 6.07) is 16.3. The van der Waals surface area contributed by atoms with Gasteiger partial charge in [0.25, 0.3) is 0 Å². The van der Waals surface area contributed by atoms with Crippen molar-refractivity contribution >= 4 is 23.4 Å². The highest BCUT2D eigenvalue weighted by Crippen LogP contribution is 2.57. The summed E-state index contributed by atoms with van der Waals surface area (Å²) < 4.78 is 5.19. The molecule has 186 valence electrons. The van der Waals surface area contributed by atoms with Crippen LogP contribution in [0.25, 0.3) is 11.4 Å². The molecule has 1 amide bonds. The van der Waals surface area contributed by atoms with Crippen molar-refractivity contribution < 1.29 is 12.4 Å². The largest absolute Gasteiger partial charge is 0.497 e. The van der Waals surface area contributed by atoms with Gasteiger partial charge in [0.15, 0.2) is 5.82 Å². The fourth-order valence-corrected chi connectivity index (χ4v) is 7.55. The van der Waals surface area contributed by atoms with Crippen LogP contribution in [-0.2, 0) is 10.2 Å². The first-order chi connectivity index (χ1) is 17.1. The molecule has 0 aliphatic heterocycles. The smallest absolute Gasteiger partial charge is 0.234 e. The Morgan fingerprint density at radius 2 is 1.80 bits per heavy atom. The normalized spacial score (nSPS) is 26.9. The highest BCUT2D eigenvalue weighted by Gasteiger charge is 2.48. The van der Waals surface area contributed by atoms with Crippen LogP contribution >= 0.6 is 11.8 Å². The van der Waals surface area contributed by atoms with Crippen LogP contribution in [-0.4, -0.2) is 34.0 Å². The van der Waals surface area contributed by atoms with Gasteiger partial charge in [-0.25, -0.2) is 4.98 Å². The Labute approximate surface area is 213 Å². The standard InChI is InChI=1S/C28H32N4O2S.2H2/c1-34-24-8-2-21(3-9-24)26-30-27(32-31-26)35-17-25(33)29-23-6-4-22(5-7-23)28-11-10-18-12-19(15-28)14-20(13-18)16-28;;/h2-9,18-20H,10-17H2,1H3,(H,29,33)(H,30,31,32);2*1H. The van der Waals surface area contributed by atoms with Crippen molar-refractivity contribution in [3.63, 3.8) is 0 Å². The molecule has 1 aromatic heterocycles. The summed E-state index contributed by atoms with van der Waals surface area (Å²) >= 11 is 1.32. The molecule has 0 spiro atoms. The predicted octanol–water partition coefficient (Wildman–Crippen LogP) is 6.56. The van der Waals surface area contributed by atoms with E-state index in [2.05, 4.69) is 44.8 Å². The van der Waals surface area contributed by atoms with Gasteiger partial charge in [-0.05, 0) is 110 Å². The van der Waals surface area contributed by atoms with Gasteiger partial charge in [-0.1, -0.05) is 23.9 Å². The van der Waals surface area contributed by atoms with Crippen LogP contribution in [0.2, 0.25) is 0 Å². The Bertz CT molecular complexity index is 1190. The second kappa shape index (κ2) is 9.34. The minimum Gasteiger partial charge on any atom is -0.497 e. The highest BCUT2D eigenvalue weighted by atomic mass is 32.2. The number of nitrogens with zero attached hydrogens (tertiary/aromatic N) is 2. The maximum atomic E-state index is 12.6. The van der Waals surface area contributed by atoms with Gasteiger partial charge in [0.1, 0.15) is 5.75 Å². The van der Waals surface area contributed by atoms with Crippen molar-refractivity contribution in [2.24, 2.45) is 17.8 Å². The molecule has 2 aromatic carbocycles. The lowest BCUT2D eigenvalue weighted by molar-refractivity contribution is -0.113. The molecule has 0 saturated heterocycles. The van der Waals surface area contributed by atoms with Gasteiger partial charge in [-0.2, -0.15) is 0 Å². The molecule has 1 heterocycles. The summed E-state index contributed by atoms with van der Waals surface area (Å²) in [5.74, 6) is 4.49. The van der Waals surface area contributed by atoms with Crippen molar-refractivity contribution in [2.75, 3.05) is 18.2 Å². The number of fused-ring (bicyclic) bond motifs is 1. The zero-order chi connectivity index (χ0) is 23.8. The van der Waals surface area contributed by atoms with Crippen molar-refractivity contribution in [3.05, 3.63) is 54.1 Å². The van der Waals surface area contributed by atoms with Gasteiger partial charge >= 0.3 is 0 Å². The first-order valence-electron chi connectivity index (χ1n) is 12.7. The van der Waals surface area contributed by atoms with E-state index < -0.39 is 0 Å². The molecule has 4 bridgehead atoms. The molecule has 4 saturated carbocycles. The van der Waals surface area contributed by atoms with Gasteiger partial charge in [0.05, 0.1) is 12.9 Å². The van der Waals surface area contributed by atoms with Crippen LogP contribution in [0.3, 0.4) is 0 Å². The van der Waals surface area contributed by atoms with Crippen molar-refractivity contribution in [3.8, 4) is 17.1 Å². The summed E-state index contributed by atoms with van der Waals surface area (Å²) in [5.41, 5.74) is 3.62. The van der Waals surface area contributed by atoms with Crippen LogP contribution in [0.4, 0.5) is 5.69 Å². The molecule has 4 fully saturated rings.